The van der Waals surface area contributed by atoms with E-state index in [1.165, 1.54) is 11.0 Å². The van der Waals surface area contributed by atoms with Gasteiger partial charge in [-0.25, -0.2) is 4.39 Å². The number of aliphatic hydroxyl groups excluding tert-OH is 1. The van der Waals surface area contributed by atoms with Gasteiger partial charge in [0.25, 0.3) is 0 Å². The van der Waals surface area contributed by atoms with Crippen molar-refractivity contribution in [2.45, 2.75) is 19.4 Å². The van der Waals surface area contributed by atoms with E-state index < -0.39 is 11.9 Å². The van der Waals surface area contributed by atoms with Gasteiger partial charge >= 0.3 is 0 Å². The molecule has 0 bridgehead atoms. The van der Waals surface area contributed by atoms with Gasteiger partial charge in [-0.05, 0) is 19.0 Å². The first-order chi connectivity index (χ1) is 9.45. The van der Waals surface area contributed by atoms with E-state index >= 15 is 0 Å². The zero-order chi connectivity index (χ0) is 15.1. The highest BCUT2D eigenvalue weighted by atomic mass is 19.1. The molecular weight excluding hydrogens is 259 g/mol. The highest BCUT2D eigenvalue weighted by Gasteiger charge is 2.18. The molecule has 5 heteroatoms. The van der Waals surface area contributed by atoms with Crippen LogP contribution in [0, 0.1) is 5.82 Å². The first-order valence-corrected chi connectivity index (χ1v) is 6.80. The minimum absolute atomic E-state index is 0.0285. The number of halogens is 1. The first kappa shape index (κ1) is 16.6. The normalized spacial score (nSPS) is 12.5. The van der Waals surface area contributed by atoms with Crippen LogP contribution in [0.5, 0.6) is 0 Å². The van der Waals surface area contributed by atoms with Crippen LogP contribution in [0.4, 0.5) is 4.39 Å². The molecule has 0 heterocycles. The number of nitrogens with zero attached hydrogens (tertiary/aromatic N) is 2. The number of likely N-dealkylation sites (N-methyl/N-ethyl adjacent to an activating group) is 1. The molecule has 0 aromatic heterocycles. The van der Waals surface area contributed by atoms with Crippen LogP contribution < -0.4 is 0 Å². The van der Waals surface area contributed by atoms with E-state index in [-0.39, 0.29) is 24.6 Å². The summed E-state index contributed by atoms with van der Waals surface area (Å²) in [6.07, 6.45) is -0.0669. The molecule has 0 fully saturated rings. The monoisotopic (exact) mass is 282 g/mol. The van der Waals surface area contributed by atoms with Crippen LogP contribution in [0.3, 0.4) is 0 Å². The molecule has 0 spiro atoms. The summed E-state index contributed by atoms with van der Waals surface area (Å²) in [4.78, 5) is 15.1. The van der Waals surface area contributed by atoms with Gasteiger partial charge in [0.15, 0.2) is 0 Å². The lowest BCUT2D eigenvalue weighted by Crippen LogP contribution is -2.39. The fourth-order valence-corrected chi connectivity index (χ4v) is 1.97. The van der Waals surface area contributed by atoms with Crippen molar-refractivity contribution in [3.8, 4) is 0 Å². The lowest BCUT2D eigenvalue weighted by molar-refractivity contribution is -0.130. The molecule has 0 aliphatic carbocycles. The van der Waals surface area contributed by atoms with E-state index in [4.69, 9.17) is 0 Å². The highest BCUT2D eigenvalue weighted by Crippen LogP contribution is 2.17. The Labute approximate surface area is 119 Å². The third-order valence-electron chi connectivity index (χ3n) is 3.09. The van der Waals surface area contributed by atoms with E-state index in [1.807, 2.05) is 11.8 Å². The smallest absolute Gasteiger partial charge is 0.236 e. The number of aliphatic hydroxyl groups is 1. The second-order valence-corrected chi connectivity index (χ2v) is 5.06. The van der Waals surface area contributed by atoms with Gasteiger partial charge in [-0.1, -0.05) is 25.1 Å². The zero-order valence-electron chi connectivity index (χ0n) is 12.3. The maximum Gasteiger partial charge on any atom is 0.236 e. The Morgan fingerprint density at radius 2 is 2.00 bits per heavy atom. The largest absolute Gasteiger partial charge is 0.387 e. The summed E-state index contributed by atoms with van der Waals surface area (Å²) in [5.41, 5.74) is 0.269. The highest BCUT2D eigenvalue weighted by molar-refractivity contribution is 5.77. The maximum absolute atomic E-state index is 13.6. The van der Waals surface area contributed by atoms with E-state index in [9.17, 15) is 14.3 Å². The third-order valence-corrected chi connectivity index (χ3v) is 3.09. The van der Waals surface area contributed by atoms with Gasteiger partial charge in [0.05, 0.1) is 12.6 Å². The molecule has 0 saturated carbocycles. The number of hydrogen-bond donors (Lipinski definition) is 1. The van der Waals surface area contributed by atoms with E-state index in [1.54, 1.807) is 32.3 Å². The Balaban J connectivity index is 2.70. The minimum Gasteiger partial charge on any atom is -0.387 e. The molecular formula is C15H23FN2O2. The molecule has 1 N–H and O–H groups in total. The van der Waals surface area contributed by atoms with Crippen molar-refractivity contribution in [3.63, 3.8) is 0 Å². The fourth-order valence-electron chi connectivity index (χ4n) is 1.97. The predicted octanol–water partition coefficient (Wildman–Crippen LogP) is 1.66. The second kappa shape index (κ2) is 7.97. The average molecular weight is 282 g/mol. The summed E-state index contributed by atoms with van der Waals surface area (Å²) in [6, 6.07) is 6.17. The number of rotatable bonds is 7. The molecule has 1 aromatic rings. The SMILES string of the molecule is CCCN(CC(=O)N(C)C)CC(O)c1ccccc1F. The van der Waals surface area contributed by atoms with Crippen molar-refractivity contribution in [3.05, 3.63) is 35.6 Å². The van der Waals surface area contributed by atoms with Gasteiger partial charge < -0.3 is 10.0 Å². The third kappa shape index (κ3) is 4.90. The molecule has 0 radical (unpaired) electrons. The predicted molar refractivity (Wildman–Crippen MR) is 76.8 cm³/mol. The standard InChI is InChI=1S/C15H23FN2O2/c1-4-9-18(11-15(20)17(2)3)10-14(19)12-7-5-6-8-13(12)16/h5-8,14,19H,4,9-11H2,1-3H3. The van der Waals surface area contributed by atoms with E-state index in [0.717, 1.165) is 6.42 Å². The van der Waals surface area contributed by atoms with Crippen LogP contribution in [-0.2, 0) is 4.79 Å². The zero-order valence-corrected chi connectivity index (χ0v) is 12.3. The van der Waals surface area contributed by atoms with E-state index in [2.05, 4.69) is 0 Å². The van der Waals surface area contributed by atoms with Gasteiger partial charge in [0, 0.05) is 26.2 Å². The van der Waals surface area contributed by atoms with Crippen molar-refractivity contribution >= 4 is 5.91 Å². The van der Waals surface area contributed by atoms with Crippen LogP contribution in [0.1, 0.15) is 25.0 Å². The maximum atomic E-state index is 13.6. The van der Waals surface area contributed by atoms with Gasteiger partial charge in [0.1, 0.15) is 5.82 Å². The number of carbonyl (C=O) groups is 1. The molecule has 0 aliphatic rings. The summed E-state index contributed by atoms with van der Waals surface area (Å²) in [5.74, 6) is -0.449. The van der Waals surface area contributed by atoms with Gasteiger partial charge in [-0.2, -0.15) is 0 Å². The number of carbonyl (C=O) groups excluding carboxylic acids is 1. The van der Waals surface area contributed by atoms with Crippen molar-refractivity contribution in [1.29, 1.82) is 0 Å². The molecule has 1 aromatic carbocycles. The number of benzene rings is 1. The average Bonchev–Trinajstić information content (AvgIpc) is 2.39. The topological polar surface area (TPSA) is 43.8 Å². The molecule has 112 valence electrons. The summed E-state index contributed by atoms with van der Waals surface area (Å²) in [6.45, 7) is 3.16. The molecule has 1 amide bonds. The van der Waals surface area contributed by atoms with Crippen LogP contribution in [0.15, 0.2) is 24.3 Å². The van der Waals surface area contributed by atoms with Crippen molar-refractivity contribution < 1.29 is 14.3 Å². The number of amides is 1. The Bertz CT molecular complexity index is 438. The molecule has 0 saturated heterocycles. The molecule has 4 nitrogen and oxygen atoms in total. The van der Waals surface area contributed by atoms with Crippen molar-refractivity contribution in [2.24, 2.45) is 0 Å². The molecule has 1 rings (SSSR count). The Morgan fingerprint density at radius 1 is 1.35 bits per heavy atom. The molecule has 20 heavy (non-hydrogen) atoms. The van der Waals surface area contributed by atoms with Crippen LogP contribution in [0.2, 0.25) is 0 Å². The van der Waals surface area contributed by atoms with Crippen molar-refractivity contribution in [2.75, 3.05) is 33.7 Å². The minimum atomic E-state index is -0.933. The fraction of sp³-hybridized carbons (Fsp3) is 0.533. The first-order valence-electron chi connectivity index (χ1n) is 6.80. The summed E-state index contributed by atoms with van der Waals surface area (Å²) in [5, 5.41) is 10.1. The van der Waals surface area contributed by atoms with Crippen LogP contribution >= 0.6 is 0 Å². The summed E-state index contributed by atoms with van der Waals surface area (Å²) < 4.78 is 13.6. The molecule has 0 aliphatic heterocycles. The Hall–Kier alpha value is -1.46. The van der Waals surface area contributed by atoms with E-state index in [0.29, 0.717) is 6.54 Å². The van der Waals surface area contributed by atoms with Gasteiger partial charge in [0.2, 0.25) is 5.91 Å². The van der Waals surface area contributed by atoms with Crippen LogP contribution in [-0.4, -0.2) is 54.5 Å². The van der Waals surface area contributed by atoms with Crippen LogP contribution in [0.25, 0.3) is 0 Å². The summed E-state index contributed by atoms with van der Waals surface area (Å²) >= 11 is 0. The van der Waals surface area contributed by atoms with Gasteiger partial charge in [-0.3, -0.25) is 9.69 Å². The Morgan fingerprint density at radius 3 is 2.55 bits per heavy atom. The number of hydrogen-bond acceptors (Lipinski definition) is 3. The molecule has 1 unspecified atom stereocenters. The lowest BCUT2D eigenvalue weighted by atomic mass is 10.1. The lowest BCUT2D eigenvalue weighted by Gasteiger charge is -2.25. The quantitative estimate of drug-likeness (QED) is 0.827. The van der Waals surface area contributed by atoms with Crippen molar-refractivity contribution in [1.82, 2.24) is 9.80 Å². The second-order valence-electron chi connectivity index (χ2n) is 5.06. The summed E-state index contributed by atoms with van der Waals surface area (Å²) in [7, 11) is 3.39. The van der Waals surface area contributed by atoms with Gasteiger partial charge in [-0.15, -0.1) is 0 Å². The molecule has 1 atom stereocenters. The Kier molecular flexibility index (Phi) is 6.61.